The highest BCUT2D eigenvalue weighted by Gasteiger charge is 2.19. The van der Waals surface area contributed by atoms with E-state index in [4.69, 9.17) is 17.3 Å². The molecule has 0 aromatic heterocycles. The lowest BCUT2D eigenvalue weighted by Gasteiger charge is -2.32. The molecule has 1 aromatic carbocycles. The minimum Gasteiger partial charge on any atom is -0.330 e. The van der Waals surface area contributed by atoms with Gasteiger partial charge >= 0.3 is 0 Å². The first-order chi connectivity index (χ1) is 8.19. The van der Waals surface area contributed by atoms with Gasteiger partial charge in [0.15, 0.2) is 0 Å². The van der Waals surface area contributed by atoms with E-state index in [2.05, 4.69) is 4.90 Å². The van der Waals surface area contributed by atoms with Gasteiger partial charge in [-0.3, -0.25) is 4.90 Å². The summed E-state index contributed by atoms with van der Waals surface area (Å²) in [5, 5.41) is 0.591. The molecular formula is C13H19Cl2FN2. The van der Waals surface area contributed by atoms with E-state index in [9.17, 15) is 4.39 Å². The second-order valence-corrected chi connectivity index (χ2v) is 5.15. The van der Waals surface area contributed by atoms with Crippen LogP contribution in [0.2, 0.25) is 5.02 Å². The molecule has 0 bridgehead atoms. The van der Waals surface area contributed by atoms with Crippen molar-refractivity contribution in [1.29, 1.82) is 0 Å². The van der Waals surface area contributed by atoms with Gasteiger partial charge in [0.05, 0.1) is 0 Å². The van der Waals surface area contributed by atoms with Crippen LogP contribution in [0.4, 0.5) is 4.39 Å². The zero-order valence-corrected chi connectivity index (χ0v) is 11.8. The minimum atomic E-state index is -0.177. The molecule has 0 amide bonds. The third kappa shape index (κ3) is 4.09. The molecule has 0 spiro atoms. The van der Waals surface area contributed by atoms with Crippen LogP contribution < -0.4 is 5.73 Å². The number of hydrogen-bond acceptors (Lipinski definition) is 2. The minimum absolute atomic E-state index is 0. The molecule has 5 heteroatoms. The Hall–Kier alpha value is -0.350. The molecule has 1 unspecified atom stereocenters. The molecule has 0 saturated carbocycles. The van der Waals surface area contributed by atoms with E-state index in [0.717, 1.165) is 19.5 Å². The summed E-state index contributed by atoms with van der Waals surface area (Å²) in [6, 6.07) is 4.73. The second-order valence-electron chi connectivity index (χ2n) is 4.71. The van der Waals surface area contributed by atoms with Crippen LogP contribution in [-0.2, 0) is 6.54 Å². The summed E-state index contributed by atoms with van der Waals surface area (Å²) in [4.78, 5) is 2.26. The van der Waals surface area contributed by atoms with Gasteiger partial charge in [0.2, 0.25) is 0 Å². The van der Waals surface area contributed by atoms with Crippen molar-refractivity contribution in [3.63, 3.8) is 0 Å². The van der Waals surface area contributed by atoms with Crippen LogP contribution in [0.15, 0.2) is 18.2 Å². The molecule has 2 nitrogen and oxygen atoms in total. The molecule has 1 fully saturated rings. The number of rotatable bonds is 3. The fraction of sp³-hybridized carbons (Fsp3) is 0.538. The van der Waals surface area contributed by atoms with Gasteiger partial charge < -0.3 is 5.73 Å². The molecular weight excluding hydrogens is 274 g/mol. The number of likely N-dealkylation sites (tertiary alicyclic amines) is 1. The molecule has 1 aromatic rings. The Bertz CT molecular complexity index is 387. The van der Waals surface area contributed by atoms with Crippen molar-refractivity contribution >= 4 is 24.0 Å². The molecule has 1 saturated heterocycles. The zero-order valence-electron chi connectivity index (χ0n) is 10.2. The molecule has 1 aliphatic rings. The number of nitrogens with two attached hydrogens (primary N) is 1. The fourth-order valence-electron chi connectivity index (χ4n) is 2.39. The predicted octanol–water partition coefficient (Wildman–Crippen LogP) is 3.07. The molecule has 1 heterocycles. The molecule has 2 rings (SSSR count). The summed E-state index contributed by atoms with van der Waals surface area (Å²) >= 11 is 5.89. The molecule has 102 valence electrons. The summed E-state index contributed by atoms with van der Waals surface area (Å²) in [7, 11) is 0. The number of piperidine rings is 1. The van der Waals surface area contributed by atoms with Gasteiger partial charge in [-0.25, -0.2) is 4.39 Å². The molecule has 0 aliphatic carbocycles. The van der Waals surface area contributed by atoms with E-state index >= 15 is 0 Å². The van der Waals surface area contributed by atoms with Crippen LogP contribution in [0.25, 0.3) is 0 Å². The van der Waals surface area contributed by atoms with Gasteiger partial charge in [-0.1, -0.05) is 11.6 Å². The fourth-order valence-corrected chi connectivity index (χ4v) is 2.59. The number of hydrogen-bond donors (Lipinski definition) is 1. The monoisotopic (exact) mass is 292 g/mol. The largest absolute Gasteiger partial charge is 0.330 e. The summed E-state index contributed by atoms with van der Waals surface area (Å²) in [5.74, 6) is 0.371. The lowest BCUT2D eigenvalue weighted by Crippen LogP contribution is -2.38. The first-order valence-electron chi connectivity index (χ1n) is 6.05. The van der Waals surface area contributed by atoms with Gasteiger partial charge in [0.25, 0.3) is 0 Å². The summed E-state index contributed by atoms with van der Waals surface area (Å²) in [6.45, 7) is 3.32. The maximum Gasteiger partial charge on any atom is 0.127 e. The van der Waals surface area contributed by atoms with Crippen LogP contribution in [0, 0.1) is 11.7 Å². The Morgan fingerprint density at radius 2 is 2.22 bits per heavy atom. The van der Waals surface area contributed by atoms with Crippen LogP contribution in [0.5, 0.6) is 0 Å². The third-order valence-electron chi connectivity index (χ3n) is 3.34. The van der Waals surface area contributed by atoms with Crippen molar-refractivity contribution in [1.82, 2.24) is 4.90 Å². The summed E-state index contributed by atoms with van der Waals surface area (Å²) in [5.41, 5.74) is 6.37. The van der Waals surface area contributed by atoms with E-state index in [1.807, 2.05) is 0 Å². The quantitative estimate of drug-likeness (QED) is 0.928. The lowest BCUT2D eigenvalue weighted by molar-refractivity contribution is 0.169. The van der Waals surface area contributed by atoms with Gasteiger partial charge in [-0.2, -0.15) is 0 Å². The average molecular weight is 293 g/mol. The van der Waals surface area contributed by atoms with E-state index < -0.39 is 0 Å². The van der Waals surface area contributed by atoms with Crippen molar-refractivity contribution in [2.24, 2.45) is 11.7 Å². The van der Waals surface area contributed by atoms with Gasteiger partial charge in [-0.05, 0) is 50.0 Å². The highest BCUT2D eigenvalue weighted by atomic mass is 35.5. The number of benzene rings is 1. The van der Waals surface area contributed by atoms with E-state index in [1.165, 1.54) is 12.5 Å². The number of nitrogens with zero attached hydrogens (tertiary/aromatic N) is 1. The van der Waals surface area contributed by atoms with Crippen LogP contribution in [-0.4, -0.2) is 24.5 Å². The first-order valence-corrected chi connectivity index (χ1v) is 6.43. The van der Waals surface area contributed by atoms with Gasteiger partial charge in [-0.15, -0.1) is 12.4 Å². The highest BCUT2D eigenvalue weighted by Crippen LogP contribution is 2.21. The predicted molar refractivity (Wildman–Crippen MR) is 75.7 cm³/mol. The maximum atomic E-state index is 13.6. The Balaban J connectivity index is 0.00000162. The Kier molecular flexibility index (Phi) is 6.36. The SMILES string of the molecule is Cl.NCC1CCCN(Cc2cc(Cl)ccc2F)C1. The Morgan fingerprint density at radius 1 is 1.44 bits per heavy atom. The first kappa shape index (κ1) is 15.7. The molecule has 1 atom stereocenters. The molecule has 2 N–H and O–H groups in total. The van der Waals surface area contributed by atoms with Gasteiger partial charge in [0.1, 0.15) is 5.82 Å². The Labute approximate surface area is 119 Å². The standard InChI is InChI=1S/C13H18ClFN2.ClH/c14-12-3-4-13(15)11(6-12)9-17-5-1-2-10(7-16)8-17;/h3-4,6,10H,1-2,5,7-9,16H2;1H. The second kappa shape index (κ2) is 7.29. The molecule has 0 radical (unpaired) electrons. The van der Waals surface area contributed by atoms with Crippen molar-refractivity contribution in [3.05, 3.63) is 34.6 Å². The highest BCUT2D eigenvalue weighted by molar-refractivity contribution is 6.30. The van der Waals surface area contributed by atoms with Crippen molar-refractivity contribution < 1.29 is 4.39 Å². The van der Waals surface area contributed by atoms with E-state index in [1.54, 1.807) is 12.1 Å². The lowest BCUT2D eigenvalue weighted by atomic mass is 9.98. The maximum absolute atomic E-state index is 13.6. The van der Waals surface area contributed by atoms with Crippen LogP contribution in [0.3, 0.4) is 0 Å². The zero-order chi connectivity index (χ0) is 12.3. The number of halogens is 3. The average Bonchev–Trinajstić information content (AvgIpc) is 2.34. The Morgan fingerprint density at radius 3 is 2.94 bits per heavy atom. The van der Waals surface area contributed by atoms with Crippen LogP contribution >= 0.6 is 24.0 Å². The molecule has 18 heavy (non-hydrogen) atoms. The van der Waals surface area contributed by atoms with Crippen LogP contribution in [0.1, 0.15) is 18.4 Å². The van der Waals surface area contributed by atoms with Crippen molar-refractivity contribution in [2.75, 3.05) is 19.6 Å². The normalized spacial score (nSPS) is 20.5. The smallest absolute Gasteiger partial charge is 0.127 e. The summed E-state index contributed by atoms with van der Waals surface area (Å²) in [6.07, 6.45) is 2.33. The summed E-state index contributed by atoms with van der Waals surface area (Å²) < 4.78 is 13.6. The molecule has 1 aliphatic heterocycles. The topological polar surface area (TPSA) is 29.3 Å². The van der Waals surface area contributed by atoms with Crippen molar-refractivity contribution in [3.8, 4) is 0 Å². The third-order valence-corrected chi connectivity index (χ3v) is 3.57. The van der Waals surface area contributed by atoms with Gasteiger partial charge in [0, 0.05) is 23.7 Å². The van der Waals surface area contributed by atoms with E-state index in [-0.39, 0.29) is 18.2 Å². The van der Waals surface area contributed by atoms with E-state index in [0.29, 0.717) is 29.6 Å². The van der Waals surface area contributed by atoms with Crippen molar-refractivity contribution in [2.45, 2.75) is 19.4 Å².